The monoisotopic (exact) mass is 306 g/mol. The second kappa shape index (κ2) is 6.99. The molecule has 5 nitrogen and oxygen atoms in total. The number of amides is 2. The van der Waals surface area contributed by atoms with Crippen LogP contribution in [0.4, 0.5) is 0 Å². The van der Waals surface area contributed by atoms with Gasteiger partial charge in [-0.2, -0.15) is 0 Å². The van der Waals surface area contributed by atoms with Crippen LogP contribution >= 0.6 is 0 Å². The van der Waals surface area contributed by atoms with E-state index in [9.17, 15) is 9.59 Å². The molecule has 1 unspecified atom stereocenters. The number of piperidine rings is 1. The van der Waals surface area contributed by atoms with Crippen molar-refractivity contribution in [1.29, 1.82) is 0 Å². The average Bonchev–Trinajstić information content (AvgIpc) is 2.82. The maximum absolute atomic E-state index is 12.8. The third kappa shape index (κ3) is 3.70. The van der Waals surface area contributed by atoms with Gasteiger partial charge in [0.1, 0.15) is 17.6 Å². The summed E-state index contributed by atoms with van der Waals surface area (Å²) in [5.74, 6) is 1.60. The van der Waals surface area contributed by atoms with E-state index in [0.717, 1.165) is 25.0 Å². The second-order valence-electron chi connectivity index (χ2n) is 6.48. The molecule has 0 saturated carbocycles. The lowest BCUT2D eigenvalue weighted by Gasteiger charge is -2.34. The van der Waals surface area contributed by atoms with E-state index in [1.54, 1.807) is 17.9 Å². The van der Waals surface area contributed by atoms with E-state index in [1.807, 2.05) is 6.92 Å². The maximum atomic E-state index is 12.8. The fourth-order valence-electron chi connectivity index (χ4n) is 2.87. The smallest absolute Gasteiger partial charge is 0.258 e. The molecule has 1 aromatic rings. The molecule has 1 fully saturated rings. The molecule has 2 rings (SSSR count). The van der Waals surface area contributed by atoms with Crippen molar-refractivity contribution < 1.29 is 14.0 Å². The lowest BCUT2D eigenvalue weighted by molar-refractivity contribution is -0.126. The van der Waals surface area contributed by atoms with Crippen molar-refractivity contribution in [1.82, 2.24) is 10.2 Å². The van der Waals surface area contributed by atoms with Crippen LogP contribution in [0.25, 0.3) is 0 Å². The molecule has 1 aliphatic heterocycles. The van der Waals surface area contributed by atoms with Gasteiger partial charge in [0.15, 0.2) is 0 Å². The summed E-state index contributed by atoms with van der Waals surface area (Å²) >= 11 is 0. The molecule has 122 valence electrons. The van der Waals surface area contributed by atoms with Crippen molar-refractivity contribution >= 4 is 11.8 Å². The minimum Gasteiger partial charge on any atom is -0.466 e. The van der Waals surface area contributed by atoms with Crippen molar-refractivity contribution in [2.45, 2.75) is 53.0 Å². The topological polar surface area (TPSA) is 62.6 Å². The number of carbonyl (C=O) groups is 2. The molecule has 1 N–H and O–H groups in total. The van der Waals surface area contributed by atoms with Crippen LogP contribution in [-0.4, -0.2) is 35.8 Å². The van der Waals surface area contributed by atoms with Crippen LogP contribution in [-0.2, 0) is 4.79 Å². The van der Waals surface area contributed by atoms with E-state index in [1.165, 1.54) is 0 Å². The lowest BCUT2D eigenvalue weighted by atomic mass is 9.99. The number of furan rings is 1. The van der Waals surface area contributed by atoms with Gasteiger partial charge >= 0.3 is 0 Å². The highest BCUT2D eigenvalue weighted by Crippen LogP contribution is 2.23. The van der Waals surface area contributed by atoms with Crippen molar-refractivity contribution in [3.63, 3.8) is 0 Å². The maximum Gasteiger partial charge on any atom is 0.258 e. The number of carbonyl (C=O) groups excluding carboxylic acids is 2. The highest BCUT2D eigenvalue weighted by atomic mass is 16.3. The Labute approximate surface area is 132 Å². The summed E-state index contributed by atoms with van der Waals surface area (Å²) < 4.78 is 5.45. The van der Waals surface area contributed by atoms with Crippen LogP contribution in [0.15, 0.2) is 10.5 Å². The number of likely N-dealkylation sites (tertiary alicyclic amines) is 1. The minimum absolute atomic E-state index is 0.0420. The quantitative estimate of drug-likeness (QED) is 0.930. The van der Waals surface area contributed by atoms with Crippen LogP contribution in [0, 0.1) is 19.8 Å². The van der Waals surface area contributed by atoms with Crippen LogP contribution in [0.5, 0.6) is 0 Å². The first-order valence-corrected chi connectivity index (χ1v) is 8.06. The molecule has 0 aliphatic carbocycles. The van der Waals surface area contributed by atoms with Gasteiger partial charge < -0.3 is 14.6 Å². The van der Waals surface area contributed by atoms with Gasteiger partial charge in [-0.3, -0.25) is 9.59 Å². The summed E-state index contributed by atoms with van der Waals surface area (Å²) in [6.45, 7) is 9.00. The molecule has 1 aromatic heterocycles. The second-order valence-corrected chi connectivity index (χ2v) is 6.48. The SMILES string of the molecule is Cc1cc(C(=O)N2CCCCC2C(=O)NCC(C)C)c(C)o1. The summed E-state index contributed by atoms with van der Waals surface area (Å²) in [5.41, 5.74) is 0.570. The first kappa shape index (κ1) is 16.6. The minimum atomic E-state index is -0.366. The van der Waals surface area contributed by atoms with Crippen molar-refractivity contribution in [3.05, 3.63) is 23.2 Å². The summed E-state index contributed by atoms with van der Waals surface area (Å²) in [5, 5.41) is 2.95. The van der Waals surface area contributed by atoms with Gasteiger partial charge in [0.2, 0.25) is 5.91 Å². The molecule has 0 spiro atoms. The van der Waals surface area contributed by atoms with Crippen LogP contribution in [0.2, 0.25) is 0 Å². The summed E-state index contributed by atoms with van der Waals surface area (Å²) in [6, 6.07) is 1.39. The van der Waals surface area contributed by atoms with Crippen LogP contribution < -0.4 is 5.32 Å². The number of hydrogen-bond donors (Lipinski definition) is 1. The summed E-state index contributed by atoms with van der Waals surface area (Å²) in [6.07, 6.45) is 2.65. The third-order valence-electron chi connectivity index (χ3n) is 4.02. The van der Waals surface area contributed by atoms with E-state index in [2.05, 4.69) is 19.2 Å². The largest absolute Gasteiger partial charge is 0.466 e. The molecular formula is C17H26N2O3. The highest BCUT2D eigenvalue weighted by Gasteiger charge is 2.33. The number of nitrogens with zero attached hydrogens (tertiary/aromatic N) is 1. The molecule has 1 aliphatic rings. The zero-order valence-electron chi connectivity index (χ0n) is 13.9. The Bertz CT molecular complexity index is 548. The Morgan fingerprint density at radius 1 is 1.36 bits per heavy atom. The first-order chi connectivity index (χ1) is 10.4. The molecule has 0 radical (unpaired) electrons. The van der Waals surface area contributed by atoms with E-state index in [4.69, 9.17) is 4.42 Å². The average molecular weight is 306 g/mol. The number of aryl methyl sites for hydroxylation is 2. The molecule has 2 amide bonds. The van der Waals surface area contributed by atoms with Crippen molar-refractivity contribution in [2.24, 2.45) is 5.92 Å². The van der Waals surface area contributed by atoms with Gasteiger partial charge in [-0.15, -0.1) is 0 Å². The van der Waals surface area contributed by atoms with E-state index in [-0.39, 0.29) is 17.9 Å². The first-order valence-electron chi connectivity index (χ1n) is 8.06. The van der Waals surface area contributed by atoms with Gasteiger partial charge in [0.05, 0.1) is 5.56 Å². The number of nitrogens with one attached hydrogen (secondary N) is 1. The molecule has 0 bridgehead atoms. The zero-order chi connectivity index (χ0) is 16.3. The molecule has 0 aromatic carbocycles. The highest BCUT2D eigenvalue weighted by molar-refractivity contribution is 5.98. The van der Waals surface area contributed by atoms with Gasteiger partial charge in [0, 0.05) is 13.1 Å². The number of hydrogen-bond acceptors (Lipinski definition) is 3. The van der Waals surface area contributed by atoms with Crippen LogP contribution in [0.1, 0.15) is 55.0 Å². The normalized spacial score (nSPS) is 18.6. The lowest BCUT2D eigenvalue weighted by Crippen LogP contribution is -2.52. The van der Waals surface area contributed by atoms with Gasteiger partial charge in [-0.05, 0) is 45.1 Å². The predicted molar refractivity (Wildman–Crippen MR) is 84.7 cm³/mol. The van der Waals surface area contributed by atoms with Crippen molar-refractivity contribution in [3.8, 4) is 0 Å². The van der Waals surface area contributed by atoms with Gasteiger partial charge in [-0.25, -0.2) is 0 Å². The fourth-order valence-corrected chi connectivity index (χ4v) is 2.87. The summed E-state index contributed by atoms with van der Waals surface area (Å²) in [4.78, 5) is 26.9. The molecule has 22 heavy (non-hydrogen) atoms. The van der Waals surface area contributed by atoms with Gasteiger partial charge in [0.25, 0.3) is 5.91 Å². The third-order valence-corrected chi connectivity index (χ3v) is 4.02. The number of rotatable bonds is 4. The molecular weight excluding hydrogens is 280 g/mol. The Morgan fingerprint density at radius 3 is 2.68 bits per heavy atom. The standard InChI is InChI=1S/C17H26N2O3/c1-11(2)10-18-16(20)15-7-5-6-8-19(15)17(21)14-9-12(3)22-13(14)4/h9,11,15H,5-8,10H2,1-4H3,(H,18,20). The van der Waals surface area contributed by atoms with Crippen LogP contribution in [0.3, 0.4) is 0 Å². The molecule has 5 heteroatoms. The molecule has 2 heterocycles. The van der Waals surface area contributed by atoms with E-state index >= 15 is 0 Å². The summed E-state index contributed by atoms with van der Waals surface area (Å²) in [7, 11) is 0. The Hall–Kier alpha value is -1.78. The Balaban J connectivity index is 2.13. The Morgan fingerprint density at radius 2 is 2.09 bits per heavy atom. The Kier molecular flexibility index (Phi) is 5.27. The fraction of sp³-hybridized carbons (Fsp3) is 0.647. The molecule has 1 atom stereocenters. The van der Waals surface area contributed by atoms with Gasteiger partial charge in [-0.1, -0.05) is 13.8 Å². The van der Waals surface area contributed by atoms with E-state index < -0.39 is 0 Å². The predicted octanol–water partition coefficient (Wildman–Crippen LogP) is 2.66. The zero-order valence-corrected chi connectivity index (χ0v) is 13.9. The van der Waals surface area contributed by atoms with E-state index in [0.29, 0.717) is 30.3 Å². The molecule has 1 saturated heterocycles. The van der Waals surface area contributed by atoms with Crippen molar-refractivity contribution in [2.75, 3.05) is 13.1 Å².